The molecule has 0 spiro atoms. The van der Waals surface area contributed by atoms with E-state index in [-0.39, 0.29) is 24.4 Å². The van der Waals surface area contributed by atoms with Crippen LogP contribution in [0, 0.1) is 0 Å². The van der Waals surface area contributed by atoms with Crippen LogP contribution in [-0.4, -0.2) is 29.9 Å². The first-order valence-electron chi connectivity index (χ1n) is 7.76. The van der Waals surface area contributed by atoms with Crippen LogP contribution in [0.5, 0.6) is 0 Å². The van der Waals surface area contributed by atoms with Gasteiger partial charge in [-0.1, -0.05) is 0 Å². The van der Waals surface area contributed by atoms with Crippen LogP contribution in [0.15, 0.2) is 22.8 Å². The van der Waals surface area contributed by atoms with Gasteiger partial charge in [0.1, 0.15) is 5.58 Å². The molecule has 2 aromatic rings. The van der Waals surface area contributed by atoms with Crippen molar-refractivity contribution in [3.63, 3.8) is 0 Å². The number of benzene rings is 1. The van der Waals surface area contributed by atoms with Crippen molar-refractivity contribution in [1.29, 1.82) is 0 Å². The molecule has 1 atom stereocenters. The van der Waals surface area contributed by atoms with Crippen molar-refractivity contribution >= 4 is 29.3 Å². The Morgan fingerprint density at radius 3 is 2.82 bits per heavy atom. The standard InChI is InChI=1S/C17H20N2O2.ClH/c18-14-4-5-19(9-14)17(20)8-13-10-21-16-7-12-3-1-2-11(12)6-15(13)16;/h6-7,10,14H,1-5,8-9,18H2;1H/t14-;/m1./s1. The van der Waals surface area contributed by atoms with Gasteiger partial charge >= 0.3 is 0 Å². The highest BCUT2D eigenvalue weighted by molar-refractivity contribution is 5.88. The van der Waals surface area contributed by atoms with Gasteiger partial charge in [-0.15, -0.1) is 12.4 Å². The maximum Gasteiger partial charge on any atom is 0.227 e. The molecule has 1 saturated heterocycles. The summed E-state index contributed by atoms with van der Waals surface area (Å²) in [4.78, 5) is 14.2. The third kappa shape index (κ3) is 2.61. The lowest BCUT2D eigenvalue weighted by Gasteiger charge is -2.15. The molecule has 0 bridgehead atoms. The predicted molar refractivity (Wildman–Crippen MR) is 88.4 cm³/mol. The molecular formula is C17H21ClN2O2. The van der Waals surface area contributed by atoms with Crippen molar-refractivity contribution < 1.29 is 9.21 Å². The fourth-order valence-electron chi connectivity index (χ4n) is 3.57. The zero-order valence-corrected chi connectivity index (χ0v) is 13.3. The molecule has 1 amide bonds. The van der Waals surface area contributed by atoms with Crippen molar-refractivity contribution in [2.75, 3.05) is 13.1 Å². The molecule has 0 saturated carbocycles. The van der Waals surface area contributed by atoms with Gasteiger partial charge in [0, 0.05) is 30.1 Å². The summed E-state index contributed by atoms with van der Waals surface area (Å²) in [6, 6.07) is 4.51. The van der Waals surface area contributed by atoms with E-state index in [0.717, 1.165) is 42.3 Å². The SMILES string of the molecule is Cl.N[C@@H]1CCN(C(=O)Cc2coc3cc4c(cc23)CCC4)C1. The lowest BCUT2D eigenvalue weighted by Crippen LogP contribution is -2.32. The van der Waals surface area contributed by atoms with Gasteiger partial charge in [0.15, 0.2) is 0 Å². The Hall–Kier alpha value is -1.52. The van der Waals surface area contributed by atoms with Crippen molar-refractivity contribution in [3.8, 4) is 0 Å². The molecule has 0 radical (unpaired) electrons. The summed E-state index contributed by atoms with van der Waals surface area (Å²) in [7, 11) is 0. The largest absolute Gasteiger partial charge is 0.464 e. The van der Waals surface area contributed by atoms with E-state index in [4.69, 9.17) is 10.2 Å². The zero-order valence-electron chi connectivity index (χ0n) is 12.5. The molecule has 1 aliphatic heterocycles. The van der Waals surface area contributed by atoms with E-state index in [9.17, 15) is 4.79 Å². The molecule has 1 aromatic carbocycles. The highest BCUT2D eigenvalue weighted by Gasteiger charge is 2.24. The van der Waals surface area contributed by atoms with E-state index in [0.29, 0.717) is 13.0 Å². The number of carbonyl (C=O) groups is 1. The van der Waals surface area contributed by atoms with Crippen LogP contribution in [0.3, 0.4) is 0 Å². The van der Waals surface area contributed by atoms with Gasteiger partial charge in [-0.25, -0.2) is 0 Å². The Labute approximate surface area is 136 Å². The number of hydrogen-bond acceptors (Lipinski definition) is 3. The highest BCUT2D eigenvalue weighted by Crippen LogP contribution is 2.30. The number of halogens is 1. The van der Waals surface area contributed by atoms with E-state index >= 15 is 0 Å². The third-order valence-electron chi connectivity index (χ3n) is 4.79. The van der Waals surface area contributed by atoms with Gasteiger partial charge < -0.3 is 15.1 Å². The minimum absolute atomic E-state index is 0. The molecule has 22 heavy (non-hydrogen) atoms. The number of aryl methyl sites for hydroxylation is 2. The maximum absolute atomic E-state index is 12.4. The Morgan fingerprint density at radius 2 is 2.09 bits per heavy atom. The minimum Gasteiger partial charge on any atom is -0.464 e. The molecule has 2 heterocycles. The molecule has 2 aliphatic rings. The van der Waals surface area contributed by atoms with Crippen LogP contribution in [0.1, 0.15) is 29.5 Å². The van der Waals surface area contributed by atoms with Crippen LogP contribution in [0.4, 0.5) is 0 Å². The topological polar surface area (TPSA) is 59.5 Å². The summed E-state index contributed by atoms with van der Waals surface area (Å²) in [5.74, 6) is 0.158. The quantitative estimate of drug-likeness (QED) is 0.924. The van der Waals surface area contributed by atoms with E-state index < -0.39 is 0 Å². The van der Waals surface area contributed by atoms with Gasteiger partial charge in [-0.3, -0.25) is 4.79 Å². The molecular weight excluding hydrogens is 300 g/mol. The molecule has 4 nitrogen and oxygen atoms in total. The fraction of sp³-hybridized carbons (Fsp3) is 0.471. The lowest BCUT2D eigenvalue weighted by atomic mass is 10.0. The first-order chi connectivity index (χ1) is 10.2. The lowest BCUT2D eigenvalue weighted by molar-refractivity contribution is -0.129. The van der Waals surface area contributed by atoms with Crippen molar-refractivity contribution in [3.05, 3.63) is 35.1 Å². The summed E-state index contributed by atoms with van der Waals surface area (Å²) in [6.07, 6.45) is 6.58. The van der Waals surface area contributed by atoms with Gasteiger partial charge in [0.25, 0.3) is 0 Å². The van der Waals surface area contributed by atoms with Gasteiger partial charge in [0.05, 0.1) is 12.7 Å². The first kappa shape index (κ1) is 15.4. The summed E-state index contributed by atoms with van der Waals surface area (Å²) >= 11 is 0. The molecule has 5 heteroatoms. The summed E-state index contributed by atoms with van der Waals surface area (Å²) in [6.45, 7) is 1.47. The average molecular weight is 321 g/mol. The summed E-state index contributed by atoms with van der Waals surface area (Å²) in [5, 5.41) is 1.10. The molecule has 2 N–H and O–H groups in total. The predicted octanol–water partition coefficient (Wildman–Crippen LogP) is 2.45. The maximum atomic E-state index is 12.4. The van der Waals surface area contributed by atoms with Crippen molar-refractivity contribution in [1.82, 2.24) is 4.90 Å². The number of nitrogens with two attached hydrogens (primary N) is 1. The number of amides is 1. The smallest absolute Gasteiger partial charge is 0.227 e. The molecule has 0 unspecified atom stereocenters. The van der Waals surface area contributed by atoms with Gasteiger partial charge in [0.2, 0.25) is 5.91 Å². The second kappa shape index (κ2) is 5.94. The fourth-order valence-corrected chi connectivity index (χ4v) is 3.57. The van der Waals surface area contributed by atoms with Crippen molar-refractivity contribution in [2.45, 2.75) is 38.1 Å². The van der Waals surface area contributed by atoms with Crippen LogP contribution < -0.4 is 5.73 Å². The zero-order chi connectivity index (χ0) is 14.4. The van der Waals surface area contributed by atoms with E-state index in [1.54, 1.807) is 6.26 Å². The summed E-state index contributed by atoms with van der Waals surface area (Å²) in [5.41, 5.74) is 10.6. The monoisotopic (exact) mass is 320 g/mol. The second-order valence-electron chi connectivity index (χ2n) is 6.30. The Bertz CT molecular complexity index is 710. The molecule has 118 valence electrons. The third-order valence-corrected chi connectivity index (χ3v) is 4.79. The Kier molecular flexibility index (Phi) is 4.15. The Balaban J connectivity index is 0.00000144. The highest BCUT2D eigenvalue weighted by atomic mass is 35.5. The van der Waals surface area contributed by atoms with Gasteiger partial charge in [-0.2, -0.15) is 0 Å². The number of carbonyl (C=O) groups excluding carboxylic acids is 1. The summed E-state index contributed by atoms with van der Waals surface area (Å²) < 4.78 is 5.66. The number of fused-ring (bicyclic) bond motifs is 2. The Morgan fingerprint density at radius 1 is 1.32 bits per heavy atom. The average Bonchev–Trinajstić information content (AvgIpc) is 3.17. The van der Waals surface area contributed by atoms with E-state index in [1.165, 1.54) is 17.5 Å². The van der Waals surface area contributed by atoms with Gasteiger partial charge in [-0.05, 0) is 48.9 Å². The number of nitrogens with zero attached hydrogens (tertiary/aromatic N) is 1. The minimum atomic E-state index is 0. The molecule has 4 rings (SSSR count). The number of likely N-dealkylation sites (tertiary alicyclic amines) is 1. The normalized spacial score (nSPS) is 20.2. The number of hydrogen-bond donors (Lipinski definition) is 1. The number of rotatable bonds is 2. The van der Waals surface area contributed by atoms with Crippen LogP contribution >= 0.6 is 12.4 Å². The number of furan rings is 1. The van der Waals surface area contributed by atoms with E-state index in [1.807, 2.05) is 4.90 Å². The van der Waals surface area contributed by atoms with Crippen molar-refractivity contribution in [2.24, 2.45) is 5.73 Å². The molecule has 1 aliphatic carbocycles. The van der Waals surface area contributed by atoms with Crippen LogP contribution in [0.25, 0.3) is 11.0 Å². The van der Waals surface area contributed by atoms with E-state index in [2.05, 4.69) is 12.1 Å². The van der Waals surface area contributed by atoms with Crippen LogP contribution in [-0.2, 0) is 24.1 Å². The van der Waals surface area contributed by atoms with Crippen LogP contribution in [0.2, 0.25) is 0 Å². The first-order valence-corrected chi connectivity index (χ1v) is 7.76. The molecule has 1 aromatic heterocycles. The second-order valence-corrected chi connectivity index (χ2v) is 6.30. The molecule has 1 fully saturated rings.